The summed E-state index contributed by atoms with van der Waals surface area (Å²) in [4.78, 5) is 0. The number of hydrogen-bond acceptors (Lipinski definition) is 0. The normalized spacial score (nSPS) is 11.8. The van der Waals surface area contributed by atoms with Crippen LogP contribution in [0, 0.1) is 0 Å². The van der Waals surface area contributed by atoms with Crippen LogP contribution in [0.1, 0.15) is 0 Å². The average Bonchev–Trinajstić information content (AvgIpc) is 3.84. The van der Waals surface area contributed by atoms with Gasteiger partial charge in [-0.1, -0.05) is 78.9 Å². The summed E-state index contributed by atoms with van der Waals surface area (Å²) in [5.74, 6) is 0. The molecule has 1 aromatic heterocycles. The van der Waals surface area contributed by atoms with Crippen LogP contribution in [0.25, 0.3) is 151 Å². The second-order valence-electron chi connectivity index (χ2n) is 19.4. The van der Waals surface area contributed by atoms with Crippen LogP contribution in [-0.4, -0.2) is 14.5 Å². The second-order valence-corrected chi connectivity index (χ2v) is 21.6. The van der Waals surface area contributed by atoms with E-state index in [1.807, 2.05) is 0 Å². The van der Waals surface area contributed by atoms with E-state index in [4.69, 9.17) is 0 Å². The van der Waals surface area contributed by atoms with Crippen molar-refractivity contribution >= 4 is 98.4 Å². The van der Waals surface area contributed by atoms with Crippen LogP contribution in [-0.2, 0) is 0 Å². The van der Waals surface area contributed by atoms with Crippen LogP contribution in [0.4, 0.5) is 0 Å². The van der Waals surface area contributed by atoms with Crippen molar-refractivity contribution in [3.05, 3.63) is 267 Å². The fourth-order valence-electron chi connectivity index (χ4n) is 12.2. The topological polar surface area (TPSA) is 0 Å². The summed E-state index contributed by atoms with van der Waals surface area (Å²) >= 11 is 0.0764. The van der Waals surface area contributed by atoms with Crippen molar-refractivity contribution < 1.29 is 0 Å². The molecule has 0 saturated heterocycles. The van der Waals surface area contributed by atoms with Gasteiger partial charge in [0.2, 0.25) is 0 Å². The zero-order valence-electron chi connectivity index (χ0n) is 39.8. The third kappa shape index (κ3) is 6.67. The van der Waals surface area contributed by atoms with Gasteiger partial charge in [0, 0.05) is 0 Å². The van der Waals surface area contributed by atoms with Gasteiger partial charge in [-0.15, -0.1) is 0 Å². The zero-order chi connectivity index (χ0) is 48.0. The van der Waals surface area contributed by atoms with Crippen LogP contribution < -0.4 is 0 Å². The fourth-order valence-corrected chi connectivity index (χ4v) is 14.9. The summed E-state index contributed by atoms with van der Waals surface area (Å²) < 4.78 is 2.90. The SMILES string of the molecule is c1ccc2c(-c3ccc(-c4c5ccccc5c(-c5ccc6c(c5)[se]c5c(-c7c8ccccc8c(-c8ccc(-c9cccc%10ccccc9%10)cc8)c8ccccc78)cccc56)c5ccccc45)cc3)cccc2c1. The minimum Gasteiger partial charge on any atom is -0.0610 e. The molecule has 0 aliphatic carbocycles. The van der Waals surface area contributed by atoms with E-state index < -0.39 is 0 Å². The first kappa shape index (κ1) is 41.9. The van der Waals surface area contributed by atoms with Gasteiger partial charge >= 0.3 is 337 Å². The van der Waals surface area contributed by atoms with Crippen LogP contribution in [0.15, 0.2) is 267 Å². The molecule has 0 aliphatic rings. The van der Waals surface area contributed by atoms with E-state index in [9.17, 15) is 0 Å². The minimum atomic E-state index is 0.0764. The van der Waals surface area contributed by atoms with Crippen LogP contribution >= 0.6 is 0 Å². The molecule has 338 valence electrons. The summed E-state index contributed by atoms with van der Waals surface area (Å²) in [6, 6.07) is 99.7. The van der Waals surface area contributed by atoms with E-state index in [0.717, 1.165) is 0 Å². The van der Waals surface area contributed by atoms with Gasteiger partial charge in [-0.2, -0.15) is 0 Å². The Labute approximate surface area is 429 Å². The maximum atomic E-state index is 2.52. The Balaban J connectivity index is 0.869. The number of hydrogen-bond donors (Lipinski definition) is 0. The average molecular weight is 988 g/mol. The second kappa shape index (κ2) is 16.9. The molecule has 0 radical (unpaired) electrons. The molecule has 1 heterocycles. The van der Waals surface area contributed by atoms with E-state index >= 15 is 0 Å². The first-order valence-corrected chi connectivity index (χ1v) is 26.9. The van der Waals surface area contributed by atoms with Crippen molar-refractivity contribution in [2.24, 2.45) is 0 Å². The van der Waals surface area contributed by atoms with Crippen LogP contribution in [0.3, 0.4) is 0 Å². The van der Waals surface area contributed by atoms with Gasteiger partial charge in [0.15, 0.2) is 0 Å². The monoisotopic (exact) mass is 988 g/mol. The third-order valence-corrected chi connectivity index (χ3v) is 18.0. The Bertz CT molecular complexity index is 4580. The molecule has 0 amide bonds. The summed E-state index contributed by atoms with van der Waals surface area (Å²) in [5, 5.41) is 18.0. The molecule has 0 unspecified atom stereocenters. The maximum absolute atomic E-state index is 2.52. The maximum Gasteiger partial charge on any atom is -0.0178 e. The molecule has 0 N–H and O–H groups in total. The predicted molar refractivity (Wildman–Crippen MR) is 316 cm³/mol. The number of fused-ring (bicyclic) bond motifs is 9. The predicted octanol–water partition coefficient (Wildman–Crippen LogP) is 20.0. The van der Waals surface area contributed by atoms with Gasteiger partial charge in [0.1, 0.15) is 0 Å². The molecule has 0 bridgehead atoms. The molecule has 0 saturated carbocycles. The summed E-state index contributed by atoms with van der Waals surface area (Å²) in [6.07, 6.45) is 0. The van der Waals surface area contributed by atoms with Gasteiger partial charge in [-0.05, 0) is 16.2 Å². The van der Waals surface area contributed by atoms with E-state index in [2.05, 4.69) is 267 Å². The van der Waals surface area contributed by atoms with Gasteiger partial charge in [-0.25, -0.2) is 0 Å². The standard InChI is InChI=1S/C72H44Se/c1-3-20-52-45(16-1)18-13-30-54(52)47-34-38-49(39-35-47)68-57-22-5-7-24-59(57)70(60-25-8-6-23-58(60)68)51-42-43-56-65-32-15-33-66(72(65)73-67(56)44-51)71-63-28-11-9-26-61(63)69(62-27-10-12-29-64(62)71)50-40-36-48(37-41-50)55-31-14-19-46-17-2-4-21-53(46)55/h1-44H. The van der Waals surface area contributed by atoms with Crippen molar-refractivity contribution in [2.75, 3.05) is 0 Å². The zero-order valence-corrected chi connectivity index (χ0v) is 41.5. The van der Waals surface area contributed by atoms with Crippen molar-refractivity contribution in [3.8, 4) is 66.8 Å². The van der Waals surface area contributed by atoms with Gasteiger partial charge in [0.05, 0.1) is 0 Å². The smallest absolute Gasteiger partial charge is 0.0178 e. The van der Waals surface area contributed by atoms with Crippen molar-refractivity contribution in [2.45, 2.75) is 0 Å². The molecule has 0 nitrogen and oxygen atoms in total. The molecule has 0 spiro atoms. The summed E-state index contributed by atoms with van der Waals surface area (Å²) in [5.41, 5.74) is 15.2. The summed E-state index contributed by atoms with van der Waals surface area (Å²) in [6.45, 7) is 0. The van der Waals surface area contributed by atoms with E-state index in [0.29, 0.717) is 0 Å². The van der Waals surface area contributed by atoms with Gasteiger partial charge in [0.25, 0.3) is 0 Å². The van der Waals surface area contributed by atoms with Crippen molar-refractivity contribution in [3.63, 3.8) is 0 Å². The molecular formula is C72H44Se. The first-order valence-electron chi connectivity index (χ1n) is 25.2. The van der Waals surface area contributed by atoms with Crippen LogP contribution in [0.5, 0.6) is 0 Å². The number of rotatable bonds is 6. The molecule has 0 fully saturated rings. The van der Waals surface area contributed by atoms with Crippen LogP contribution in [0.2, 0.25) is 0 Å². The number of benzene rings is 14. The van der Waals surface area contributed by atoms with E-state index in [-0.39, 0.29) is 14.5 Å². The third-order valence-electron chi connectivity index (χ3n) is 15.5. The molecule has 0 aliphatic heterocycles. The summed E-state index contributed by atoms with van der Waals surface area (Å²) in [7, 11) is 0. The first-order chi connectivity index (χ1) is 36.2. The van der Waals surface area contributed by atoms with E-state index in [1.165, 1.54) is 151 Å². The Morgan fingerprint density at radius 2 is 0.507 bits per heavy atom. The fraction of sp³-hybridized carbons (Fsp3) is 0. The molecule has 14 aromatic carbocycles. The van der Waals surface area contributed by atoms with Gasteiger partial charge < -0.3 is 0 Å². The molecule has 15 aromatic rings. The molecular weight excluding hydrogens is 944 g/mol. The van der Waals surface area contributed by atoms with Crippen molar-refractivity contribution in [1.82, 2.24) is 0 Å². The van der Waals surface area contributed by atoms with Crippen molar-refractivity contribution in [1.29, 1.82) is 0 Å². The molecule has 0 atom stereocenters. The molecule has 73 heavy (non-hydrogen) atoms. The Hall–Kier alpha value is -8.84. The Morgan fingerprint density at radius 1 is 0.192 bits per heavy atom. The molecule has 15 rings (SSSR count). The molecule has 1 heteroatoms. The Kier molecular flexibility index (Phi) is 9.70. The minimum absolute atomic E-state index is 0.0764. The van der Waals surface area contributed by atoms with Gasteiger partial charge in [-0.3, -0.25) is 0 Å². The largest absolute Gasteiger partial charge is 0.0610 e. The quantitative estimate of drug-likeness (QED) is 0.115. The Morgan fingerprint density at radius 3 is 0.959 bits per heavy atom. The van der Waals surface area contributed by atoms with E-state index in [1.54, 1.807) is 0 Å².